The highest BCUT2D eigenvalue weighted by Crippen LogP contribution is 2.23. The normalized spacial score (nSPS) is 20.3. The van der Waals surface area contributed by atoms with Crippen molar-refractivity contribution in [3.05, 3.63) is 71.3 Å². The minimum Gasteiger partial charge on any atom is -0.372 e. The molecule has 3 rings (SSSR count). The predicted molar refractivity (Wildman–Crippen MR) is 129 cm³/mol. The second kappa shape index (κ2) is 12.6. The monoisotopic (exact) mass is 441 g/mol. The Labute approximate surface area is 189 Å². The van der Waals surface area contributed by atoms with Crippen LogP contribution in [0.15, 0.2) is 59.6 Å². The van der Waals surface area contributed by atoms with Crippen molar-refractivity contribution in [2.45, 2.75) is 63.7 Å². The van der Waals surface area contributed by atoms with Gasteiger partial charge in [-0.25, -0.2) is 0 Å². The molecule has 0 aliphatic heterocycles. The van der Waals surface area contributed by atoms with Crippen molar-refractivity contribution < 1.29 is 8.95 Å². The van der Waals surface area contributed by atoms with Crippen molar-refractivity contribution in [2.75, 3.05) is 12.8 Å². The van der Waals surface area contributed by atoms with E-state index in [1.807, 2.05) is 25.1 Å². The molecule has 5 nitrogen and oxygen atoms in total. The maximum Gasteiger partial charge on any atom is 0.191 e. The summed E-state index contributed by atoms with van der Waals surface area (Å²) in [4.78, 5) is 4.39. The van der Waals surface area contributed by atoms with Crippen molar-refractivity contribution in [1.29, 1.82) is 0 Å². The fraction of sp³-hybridized carbons (Fsp3) is 0.480. The molecule has 31 heavy (non-hydrogen) atoms. The van der Waals surface area contributed by atoms with Gasteiger partial charge < -0.3 is 15.4 Å². The zero-order valence-electron chi connectivity index (χ0n) is 18.7. The number of hydrogen-bond donors (Lipinski definition) is 2. The number of aliphatic imine (C=N–C) groups is 1. The first kappa shape index (κ1) is 23.5. The summed E-state index contributed by atoms with van der Waals surface area (Å²) in [6, 6.07) is 19.0. The fourth-order valence-corrected chi connectivity index (χ4v) is 5.36. The van der Waals surface area contributed by atoms with E-state index in [0.717, 1.165) is 43.0 Å². The highest BCUT2D eigenvalue weighted by atomic mass is 32.2. The van der Waals surface area contributed by atoms with Gasteiger partial charge in [0.2, 0.25) is 0 Å². The summed E-state index contributed by atoms with van der Waals surface area (Å²) in [5, 5.41) is 7.26. The van der Waals surface area contributed by atoms with Crippen LogP contribution < -0.4 is 10.6 Å². The first-order valence-electron chi connectivity index (χ1n) is 11.2. The van der Waals surface area contributed by atoms with Crippen LogP contribution in [-0.2, 0) is 35.3 Å². The summed E-state index contributed by atoms with van der Waals surface area (Å²) in [6.07, 6.45) is 4.25. The number of benzene rings is 2. The van der Waals surface area contributed by atoms with Crippen molar-refractivity contribution >= 4 is 16.8 Å². The molecule has 0 bridgehead atoms. The third kappa shape index (κ3) is 7.78. The lowest BCUT2D eigenvalue weighted by Gasteiger charge is -2.30. The quantitative estimate of drug-likeness (QED) is 0.453. The first-order valence-corrected chi connectivity index (χ1v) is 12.6. The van der Waals surface area contributed by atoms with Gasteiger partial charge in [0.05, 0.1) is 13.2 Å². The lowest BCUT2D eigenvalue weighted by atomic mass is 9.95. The molecule has 2 N–H and O–H groups in total. The molecule has 1 aliphatic rings. The first-order chi connectivity index (χ1) is 15.2. The van der Waals surface area contributed by atoms with E-state index in [1.165, 1.54) is 11.1 Å². The van der Waals surface area contributed by atoms with E-state index in [2.05, 4.69) is 52.0 Å². The van der Waals surface area contributed by atoms with Crippen LogP contribution in [0.4, 0.5) is 0 Å². The van der Waals surface area contributed by atoms with E-state index in [9.17, 15) is 4.21 Å². The molecule has 168 valence electrons. The second-order valence-electron chi connectivity index (χ2n) is 8.02. The van der Waals surface area contributed by atoms with E-state index in [1.54, 1.807) is 7.05 Å². The van der Waals surface area contributed by atoms with Crippen LogP contribution in [0.1, 0.15) is 49.3 Å². The third-order valence-corrected chi connectivity index (χ3v) is 7.42. The molecule has 2 aromatic carbocycles. The Morgan fingerprint density at radius 3 is 2.58 bits per heavy atom. The van der Waals surface area contributed by atoms with Gasteiger partial charge in [0.15, 0.2) is 5.96 Å². The van der Waals surface area contributed by atoms with Crippen LogP contribution in [0.5, 0.6) is 0 Å². The highest BCUT2D eigenvalue weighted by molar-refractivity contribution is 7.85. The van der Waals surface area contributed by atoms with E-state index in [0.29, 0.717) is 31.1 Å². The number of ether oxygens (including phenoxy) is 1. The standard InChI is InChI=1S/C25H35N3O2S/c1-3-31(29)24-14-8-13-23(16-24)28-25(26-2)27-17-21-11-7-12-22(15-21)19-30-18-20-9-5-4-6-10-20/h4-7,9-12,15,23-24H,3,8,13-14,16-19H2,1-2H3,(H2,26,27,28). The molecule has 6 heteroatoms. The average Bonchev–Trinajstić information content (AvgIpc) is 2.82. The Balaban J connectivity index is 1.46. The summed E-state index contributed by atoms with van der Waals surface area (Å²) in [7, 11) is 1.08. The van der Waals surface area contributed by atoms with Gasteiger partial charge in [-0.05, 0) is 36.0 Å². The minimum atomic E-state index is -0.715. The van der Waals surface area contributed by atoms with Gasteiger partial charge in [-0.2, -0.15) is 0 Å². The molecule has 3 atom stereocenters. The van der Waals surface area contributed by atoms with Gasteiger partial charge >= 0.3 is 0 Å². The Morgan fingerprint density at radius 1 is 1.06 bits per heavy atom. The fourth-order valence-electron chi connectivity index (χ4n) is 4.01. The molecule has 0 radical (unpaired) electrons. The average molecular weight is 442 g/mol. The maximum absolute atomic E-state index is 12.2. The zero-order chi connectivity index (χ0) is 21.9. The van der Waals surface area contributed by atoms with Gasteiger partial charge in [0.25, 0.3) is 0 Å². The van der Waals surface area contributed by atoms with Crippen LogP contribution in [0, 0.1) is 0 Å². The molecule has 1 saturated carbocycles. The van der Waals surface area contributed by atoms with Crippen LogP contribution in [0.2, 0.25) is 0 Å². The smallest absolute Gasteiger partial charge is 0.191 e. The number of nitrogens with zero attached hydrogens (tertiary/aromatic N) is 1. The highest BCUT2D eigenvalue weighted by Gasteiger charge is 2.26. The Morgan fingerprint density at radius 2 is 1.81 bits per heavy atom. The number of hydrogen-bond acceptors (Lipinski definition) is 3. The van der Waals surface area contributed by atoms with Crippen LogP contribution in [-0.4, -0.2) is 34.3 Å². The summed E-state index contributed by atoms with van der Waals surface area (Å²) < 4.78 is 18.1. The maximum atomic E-state index is 12.2. The molecular weight excluding hydrogens is 406 g/mol. The minimum absolute atomic E-state index is 0.307. The molecule has 3 unspecified atom stereocenters. The number of rotatable bonds is 9. The van der Waals surface area contributed by atoms with Crippen molar-refractivity contribution in [1.82, 2.24) is 10.6 Å². The van der Waals surface area contributed by atoms with E-state index < -0.39 is 10.8 Å². The molecule has 2 aromatic rings. The van der Waals surface area contributed by atoms with Gasteiger partial charge in [0, 0.05) is 41.4 Å². The Kier molecular flexibility index (Phi) is 9.56. The van der Waals surface area contributed by atoms with Crippen molar-refractivity contribution in [3.63, 3.8) is 0 Å². The summed E-state index contributed by atoms with van der Waals surface area (Å²) >= 11 is 0. The number of nitrogens with one attached hydrogen (secondary N) is 2. The summed E-state index contributed by atoms with van der Waals surface area (Å²) in [5.41, 5.74) is 3.54. The third-order valence-electron chi connectivity index (χ3n) is 5.68. The van der Waals surface area contributed by atoms with Crippen LogP contribution >= 0.6 is 0 Å². The predicted octanol–water partition coefficient (Wildman–Crippen LogP) is 4.15. The van der Waals surface area contributed by atoms with Gasteiger partial charge in [0.1, 0.15) is 0 Å². The largest absolute Gasteiger partial charge is 0.372 e. The lowest BCUT2D eigenvalue weighted by Crippen LogP contribution is -2.46. The lowest BCUT2D eigenvalue weighted by molar-refractivity contribution is 0.107. The second-order valence-corrected chi connectivity index (χ2v) is 10.0. The molecule has 1 fully saturated rings. The molecule has 0 saturated heterocycles. The number of guanidine groups is 1. The molecule has 0 heterocycles. The zero-order valence-corrected chi connectivity index (χ0v) is 19.5. The van der Waals surface area contributed by atoms with Gasteiger partial charge in [-0.3, -0.25) is 9.20 Å². The summed E-state index contributed by atoms with van der Waals surface area (Å²) in [6.45, 7) is 3.91. The van der Waals surface area contributed by atoms with Crippen molar-refractivity contribution in [3.8, 4) is 0 Å². The molecule has 0 aromatic heterocycles. The van der Waals surface area contributed by atoms with Crippen molar-refractivity contribution in [2.24, 2.45) is 4.99 Å². The van der Waals surface area contributed by atoms with Gasteiger partial charge in [-0.15, -0.1) is 0 Å². The van der Waals surface area contributed by atoms with E-state index in [4.69, 9.17) is 4.74 Å². The van der Waals surface area contributed by atoms with Crippen LogP contribution in [0.25, 0.3) is 0 Å². The van der Waals surface area contributed by atoms with Gasteiger partial charge in [-0.1, -0.05) is 67.9 Å². The SMILES string of the molecule is CCS(=O)C1CCCC(NC(=NC)NCc2cccc(COCc3ccccc3)c2)C1. The molecule has 0 spiro atoms. The Bertz CT molecular complexity index is 857. The van der Waals surface area contributed by atoms with E-state index in [-0.39, 0.29) is 0 Å². The molecular formula is C25H35N3O2S. The topological polar surface area (TPSA) is 62.7 Å². The molecule has 0 amide bonds. The Hall–Kier alpha value is -2.18. The molecule has 1 aliphatic carbocycles. The summed E-state index contributed by atoms with van der Waals surface area (Å²) in [5.74, 6) is 1.55. The van der Waals surface area contributed by atoms with Crippen LogP contribution in [0.3, 0.4) is 0 Å². The van der Waals surface area contributed by atoms with E-state index >= 15 is 0 Å².